The summed E-state index contributed by atoms with van der Waals surface area (Å²) in [4.78, 5) is 0. The third-order valence-electron chi connectivity index (χ3n) is 3.23. The first-order chi connectivity index (χ1) is 5.54. The first kappa shape index (κ1) is 11.1. The quantitative estimate of drug-likeness (QED) is 0.655. The van der Waals surface area contributed by atoms with Crippen LogP contribution in [0.2, 0.25) is 0 Å². The van der Waals surface area contributed by atoms with Crippen LogP contribution in [0.4, 0.5) is 13.2 Å². The molecule has 3 aliphatic rings. The van der Waals surface area contributed by atoms with Gasteiger partial charge in [0.25, 0.3) is 0 Å². The minimum absolute atomic E-state index is 0. The Bertz CT molecular complexity index is 171. The lowest BCUT2D eigenvalue weighted by molar-refractivity contribution is -0.217. The van der Waals surface area contributed by atoms with E-state index in [1.54, 1.807) is 0 Å². The maximum atomic E-state index is 12.6. The van der Waals surface area contributed by atoms with Crippen LogP contribution in [-0.4, -0.2) is 18.3 Å². The van der Waals surface area contributed by atoms with Gasteiger partial charge in [-0.15, -0.1) is 12.4 Å². The van der Waals surface area contributed by atoms with E-state index in [2.05, 4.69) is 5.32 Å². The maximum Gasteiger partial charge on any atom is 0.406 e. The topological polar surface area (TPSA) is 12.0 Å². The molecule has 0 aromatic carbocycles. The second kappa shape index (κ2) is 3.31. The second-order valence-electron chi connectivity index (χ2n) is 3.90. The highest BCUT2D eigenvalue weighted by Gasteiger charge is 2.57. The van der Waals surface area contributed by atoms with Gasteiger partial charge in [0.15, 0.2) is 0 Å². The number of halogens is 4. The molecule has 5 heteroatoms. The molecule has 0 unspecified atom stereocenters. The highest BCUT2D eigenvalue weighted by Crippen LogP contribution is 2.46. The Balaban J connectivity index is 0.000000845. The zero-order valence-corrected chi connectivity index (χ0v) is 7.97. The van der Waals surface area contributed by atoms with Crippen molar-refractivity contribution in [3.63, 3.8) is 0 Å². The average Bonchev–Trinajstić information content (AvgIpc) is 2.06. The third-order valence-corrected chi connectivity index (χ3v) is 3.23. The predicted octanol–water partition coefficient (Wildman–Crippen LogP) is 2.50. The van der Waals surface area contributed by atoms with Crippen LogP contribution in [0, 0.1) is 5.92 Å². The largest absolute Gasteiger partial charge is 0.406 e. The van der Waals surface area contributed by atoms with Crippen LogP contribution in [0.1, 0.15) is 25.7 Å². The lowest BCUT2D eigenvalue weighted by atomic mass is 9.72. The first-order valence-electron chi connectivity index (χ1n) is 4.35. The Morgan fingerprint density at radius 3 is 1.92 bits per heavy atom. The number of alkyl halides is 3. The zero-order valence-electron chi connectivity index (χ0n) is 7.16. The summed E-state index contributed by atoms with van der Waals surface area (Å²) in [5, 5.41) is 2.65. The van der Waals surface area contributed by atoms with Crippen molar-refractivity contribution in [1.29, 1.82) is 0 Å². The Hall–Kier alpha value is 0.0400. The van der Waals surface area contributed by atoms with Gasteiger partial charge in [-0.05, 0) is 38.1 Å². The molecule has 1 nitrogen and oxygen atoms in total. The molecule has 2 bridgehead atoms. The smallest absolute Gasteiger partial charge is 0.303 e. The van der Waals surface area contributed by atoms with Gasteiger partial charge in [0.2, 0.25) is 0 Å². The number of piperidine rings is 2. The molecule has 1 aliphatic carbocycles. The minimum atomic E-state index is -4.06. The van der Waals surface area contributed by atoms with Gasteiger partial charge in [-0.25, -0.2) is 0 Å². The van der Waals surface area contributed by atoms with E-state index >= 15 is 0 Å². The Morgan fingerprint density at radius 1 is 1.15 bits per heavy atom. The number of hydrogen-bond donors (Lipinski definition) is 1. The normalized spacial score (nSPS) is 38.5. The van der Waals surface area contributed by atoms with Crippen LogP contribution < -0.4 is 5.32 Å². The van der Waals surface area contributed by atoms with Crippen LogP contribution >= 0.6 is 12.4 Å². The van der Waals surface area contributed by atoms with E-state index in [9.17, 15) is 13.2 Å². The summed E-state index contributed by atoms with van der Waals surface area (Å²) in [5.74, 6) is 0.495. The molecule has 13 heavy (non-hydrogen) atoms. The van der Waals surface area contributed by atoms with E-state index in [4.69, 9.17) is 0 Å². The summed E-state index contributed by atoms with van der Waals surface area (Å²) in [6.45, 7) is 0.555. The fraction of sp³-hybridized carbons (Fsp3) is 1.00. The lowest BCUT2D eigenvalue weighted by Crippen LogP contribution is -2.63. The molecule has 0 aromatic heterocycles. The number of rotatable bonds is 0. The monoisotopic (exact) mass is 215 g/mol. The molecule has 0 radical (unpaired) electrons. The zero-order chi connectivity index (χ0) is 8.82. The van der Waals surface area contributed by atoms with E-state index in [1.165, 1.54) is 0 Å². The Kier molecular flexibility index (Phi) is 2.83. The van der Waals surface area contributed by atoms with Crippen molar-refractivity contribution < 1.29 is 13.2 Å². The highest BCUT2D eigenvalue weighted by molar-refractivity contribution is 5.85. The first-order valence-corrected chi connectivity index (χ1v) is 4.35. The van der Waals surface area contributed by atoms with Crippen molar-refractivity contribution in [3.05, 3.63) is 0 Å². The number of fused-ring (bicyclic) bond motifs is 3. The summed E-state index contributed by atoms with van der Waals surface area (Å²) >= 11 is 0. The van der Waals surface area contributed by atoms with Crippen LogP contribution in [0.25, 0.3) is 0 Å². The molecular formula is C8H13ClF3N. The van der Waals surface area contributed by atoms with E-state index in [0.29, 0.717) is 12.5 Å². The Labute approximate surface area is 81.5 Å². The van der Waals surface area contributed by atoms with Crippen molar-refractivity contribution in [2.75, 3.05) is 6.54 Å². The SMILES string of the molecule is Cl.FC(F)(F)C12CCC(CC1)CN2. The molecular weight excluding hydrogens is 203 g/mol. The predicted molar refractivity (Wildman–Crippen MR) is 46.0 cm³/mol. The van der Waals surface area contributed by atoms with Gasteiger partial charge < -0.3 is 5.32 Å². The van der Waals surface area contributed by atoms with Crippen LogP contribution in [0.15, 0.2) is 0 Å². The van der Waals surface area contributed by atoms with E-state index in [0.717, 1.165) is 12.8 Å². The molecule has 1 N–H and O–H groups in total. The van der Waals surface area contributed by atoms with Gasteiger partial charge in [0.05, 0.1) is 0 Å². The average molecular weight is 216 g/mol. The molecule has 3 fully saturated rings. The molecule has 2 saturated heterocycles. The van der Waals surface area contributed by atoms with Crippen molar-refractivity contribution in [3.8, 4) is 0 Å². The van der Waals surface area contributed by atoms with E-state index < -0.39 is 11.7 Å². The molecule has 0 aromatic rings. The van der Waals surface area contributed by atoms with Crippen molar-refractivity contribution in [1.82, 2.24) is 5.32 Å². The van der Waals surface area contributed by atoms with Crippen molar-refractivity contribution in [2.45, 2.75) is 37.4 Å². The second-order valence-corrected chi connectivity index (χ2v) is 3.90. The van der Waals surface area contributed by atoms with Gasteiger partial charge in [-0.3, -0.25) is 0 Å². The van der Waals surface area contributed by atoms with Gasteiger partial charge in [0, 0.05) is 0 Å². The summed E-state index contributed by atoms with van der Waals surface area (Å²) < 4.78 is 37.7. The highest BCUT2D eigenvalue weighted by atomic mass is 35.5. The minimum Gasteiger partial charge on any atom is -0.303 e. The fourth-order valence-corrected chi connectivity index (χ4v) is 2.27. The molecule has 0 spiro atoms. The van der Waals surface area contributed by atoms with Gasteiger partial charge in [-0.2, -0.15) is 13.2 Å². The summed E-state index contributed by atoms with van der Waals surface area (Å²) in [7, 11) is 0. The lowest BCUT2D eigenvalue weighted by Gasteiger charge is -2.48. The third kappa shape index (κ3) is 1.66. The van der Waals surface area contributed by atoms with Gasteiger partial charge in [-0.1, -0.05) is 0 Å². The Morgan fingerprint density at radius 2 is 1.69 bits per heavy atom. The van der Waals surface area contributed by atoms with Gasteiger partial charge >= 0.3 is 6.18 Å². The molecule has 2 aliphatic heterocycles. The summed E-state index contributed by atoms with van der Waals surface area (Å²) in [6.07, 6.45) is -2.01. The molecule has 1 saturated carbocycles. The summed E-state index contributed by atoms with van der Waals surface area (Å²) in [6, 6.07) is 0. The standard InChI is InChI=1S/C8H12F3N.ClH/c9-8(10,11)7-3-1-6(2-4-7)5-12-7;/h6,12H,1-5H2;1H. The van der Waals surface area contributed by atoms with Crippen molar-refractivity contribution in [2.24, 2.45) is 5.92 Å². The van der Waals surface area contributed by atoms with Crippen molar-refractivity contribution >= 4 is 12.4 Å². The number of nitrogens with one attached hydrogen (secondary N) is 1. The fourth-order valence-electron chi connectivity index (χ4n) is 2.27. The number of hydrogen-bond acceptors (Lipinski definition) is 1. The molecule has 3 rings (SSSR count). The van der Waals surface area contributed by atoms with Crippen LogP contribution in [-0.2, 0) is 0 Å². The molecule has 78 valence electrons. The molecule has 2 heterocycles. The molecule has 0 amide bonds. The van der Waals surface area contributed by atoms with Gasteiger partial charge in [0.1, 0.15) is 5.54 Å². The van der Waals surface area contributed by atoms with E-state index in [1.807, 2.05) is 0 Å². The summed E-state index contributed by atoms with van der Waals surface area (Å²) in [5.41, 5.74) is -1.53. The van der Waals surface area contributed by atoms with Crippen LogP contribution in [0.5, 0.6) is 0 Å². The van der Waals surface area contributed by atoms with Crippen LogP contribution in [0.3, 0.4) is 0 Å². The molecule has 0 atom stereocenters. The van der Waals surface area contributed by atoms with E-state index in [-0.39, 0.29) is 25.2 Å². The maximum absolute atomic E-state index is 12.6.